The van der Waals surface area contributed by atoms with Gasteiger partial charge in [-0.2, -0.15) is 21.6 Å². The fraction of sp³-hybridized carbons (Fsp3) is 0.417. The van der Waals surface area contributed by atoms with Crippen molar-refractivity contribution in [2.45, 2.75) is 19.0 Å². The highest BCUT2D eigenvalue weighted by atomic mass is 32.2. The van der Waals surface area contributed by atoms with Gasteiger partial charge in [-0.15, -0.1) is 0 Å². The monoisotopic (exact) mass is 340 g/mol. The summed E-state index contributed by atoms with van der Waals surface area (Å²) in [5, 5.41) is 4.76. The number of hydrogen-bond acceptors (Lipinski definition) is 3. The predicted molar refractivity (Wildman–Crippen MR) is 74.1 cm³/mol. The van der Waals surface area contributed by atoms with Gasteiger partial charge in [0.15, 0.2) is 0 Å². The molecule has 124 valence electrons. The van der Waals surface area contributed by atoms with Crippen molar-refractivity contribution in [3.8, 4) is 0 Å². The van der Waals surface area contributed by atoms with E-state index in [4.69, 9.17) is 4.55 Å². The summed E-state index contributed by atoms with van der Waals surface area (Å²) in [6, 6.07) is 3.33. The van der Waals surface area contributed by atoms with Crippen LogP contribution in [0.5, 0.6) is 0 Å². The van der Waals surface area contributed by atoms with Crippen LogP contribution in [0.25, 0.3) is 0 Å². The Balaban J connectivity index is 2.33. The molecule has 0 radical (unpaired) electrons. The van der Waals surface area contributed by atoms with E-state index < -0.39 is 33.6 Å². The van der Waals surface area contributed by atoms with Crippen LogP contribution in [0.15, 0.2) is 24.3 Å². The third kappa shape index (κ3) is 7.27. The topological polar surface area (TPSA) is 95.5 Å². The molecule has 3 N–H and O–H groups in total. The zero-order valence-corrected chi connectivity index (χ0v) is 12.2. The Morgan fingerprint density at radius 3 is 2.23 bits per heavy atom. The van der Waals surface area contributed by atoms with Crippen LogP contribution >= 0.6 is 0 Å². The average Bonchev–Trinajstić information content (AvgIpc) is 2.36. The first-order valence-electron chi connectivity index (χ1n) is 6.25. The van der Waals surface area contributed by atoms with Crippen molar-refractivity contribution in [1.29, 1.82) is 0 Å². The molecule has 0 spiro atoms. The molecular weight excluding hydrogens is 325 g/mol. The first-order valence-corrected chi connectivity index (χ1v) is 7.86. The highest BCUT2D eigenvalue weighted by Crippen LogP contribution is 2.29. The lowest BCUT2D eigenvalue weighted by atomic mass is 10.2. The second kappa shape index (κ2) is 7.45. The summed E-state index contributed by atoms with van der Waals surface area (Å²) in [4.78, 5) is 11.4. The maximum absolute atomic E-state index is 12.3. The minimum absolute atomic E-state index is 0.169. The number of nitrogens with one attached hydrogen (secondary N) is 2. The Morgan fingerprint density at radius 2 is 1.73 bits per heavy atom. The number of urea groups is 1. The molecule has 0 bridgehead atoms. The van der Waals surface area contributed by atoms with E-state index in [0.717, 1.165) is 24.3 Å². The summed E-state index contributed by atoms with van der Waals surface area (Å²) in [6.07, 6.45) is -3.92. The van der Waals surface area contributed by atoms with Gasteiger partial charge in [0.05, 0.1) is 11.3 Å². The number of rotatable bonds is 6. The highest BCUT2D eigenvalue weighted by molar-refractivity contribution is 7.85. The Labute approximate surface area is 125 Å². The lowest BCUT2D eigenvalue weighted by Gasteiger charge is -2.09. The summed E-state index contributed by atoms with van der Waals surface area (Å²) in [5.41, 5.74) is -0.618. The minimum Gasteiger partial charge on any atom is -0.338 e. The van der Waals surface area contributed by atoms with Crippen LogP contribution in [0.3, 0.4) is 0 Å². The highest BCUT2D eigenvalue weighted by Gasteiger charge is 2.29. The SMILES string of the molecule is O=C(NCCCCS(=O)(=O)O)Nc1ccc(C(F)(F)F)cc1. The number of anilines is 1. The fourth-order valence-electron chi connectivity index (χ4n) is 1.53. The first-order chi connectivity index (χ1) is 10.1. The molecule has 2 amide bonds. The molecule has 0 atom stereocenters. The van der Waals surface area contributed by atoms with Gasteiger partial charge in [-0.25, -0.2) is 4.79 Å². The smallest absolute Gasteiger partial charge is 0.338 e. The van der Waals surface area contributed by atoms with Crippen molar-refractivity contribution < 1.29 is 30.9 Å². The molecule has 0 heterocycles. The molecule has 22 heavy (non-hydrogen) atoms. The zero-order valence-electron chi connectivity index (χ0n) is 11.4. The fourth-order valence-corrected chi connectivity index (χ4v) is 2.10. The summed E-state index contributed by atoms with van der Waals surface area (Å²) in [7, 11) is -4.01. The first kappa shape index (κ1) is 18.2. The third-order valence-electron chi connectivity index (χ3n) is 2.58. The van der Waals surface area contributed by atoms with Crippen LogP contribution < -0.4 is 10.6 Å². The Hall–Kier alpha value is -1.81. The number of hydrogen-bond donors (Lipinski definition) is 3. The predicted octanol–water partition coefficient (Wildman–Crippen LogP) is 2.49. The molecule has 10 heteroatoms. The lowest BCUT2D eigenvalue weighted by Crippen LogP contribution is -2.29. The maximum Gasteiger partial charge on any atom is 0.416 e. The summed E-state index contributed by atoms with van der Waals surface area (Å²) < 4.78 is 66.4. The van der Waals surface area contributed by atoms with Crippen LogP contribution in [-0.2, 0) is 16.3 Å². The Morgan fingerprint density at radius 1 is 1.14 bits per heavy atom. The van der Waals surface area contributed by atoms with E-state index in [1.807, 2.05) is 0 Å². The molecule has 0 saturated carbocycles. The number of carbonyl (C=O) groups excluding carboxylic acids is 1. The number of unbranched alkanes of at least 4 members (excludes halogenated alkanes) is 1. The Bertz CT molecular complexity index is 600. The standard InChI is InChI=1S/C12H15F3N2O4S/c13-12(14,15)9-3-5-10(6-4-9)17-11(18)16-7-1-2-8-22(19,20)21/h3-6H,1-2,7-8H2,(H2,16,17,18)(H,19,20,21). The van der Waals surface area contributed by atoms with Crippen LogP contribution in [-0.4, -0.2) is 31.3 Å². The van der Waals surface area contributed by atoms with E-state index in [2.05, 4.69) is 10.6 Å². The second-order valence-electron chi connectivity index (χ2n) is 4.45. The quantitative estimate of drug-likeness (QED) is 0.548. The molecule has 0 aliphatic carbocycles. The van der Waals surface area contributed by atoms with E-state index in [-0.39, 0.29) is 18.7 Å². The number of amides is 2. The summed E-state index contributed by atoms with van der Waals surface area (Å²) in [6.45, 7) is 0.169. The third-order valence-corrected chi connectivity index (χ3v) is 3.39. The normalized spacial score (nSPS) is 12.0. The van der Waals surface area contributed by atoms with Gasteiger partial charge in [0, 0.05) is 12.2 Å². The van der Waals surface area contributed by atoms with Crippen molar-refractivity contribution in [3.05, 3.63) is 29.8 Å². The molecule has 1 rings (SSSR count). The number of halogens is 3. The van der Waals surface area contributed by atoms with Gasteiger partial charge in [0.2, 0.25) is 0 Å². The van der Waals surface area contributed by atoms with Gasteiger partial charge in [0.25, 0.3) is 10.1 Å². The van der Waals surface area contributed by atoms with E-state index in [1.54, 1.807) is 0 Å². The van der Waals surface area contributed by atoms with Crippen LogP contribution in [0, 0.1) is 0 Å². The number of alkyl halides is 3. The van der Waals surface area contributed by atoms with Crippen LogP contribution in [0.4, 0.5) is 23.7 Å². The lowest BCUT2D eigenvalue weighted by molar-refractivity contribution is -0.137. The van der Waals surface area contributed by atoms with Gasteiger partial charge in [-0.05, 0) is 37.1 Å². The average molecular weight is 340 g/mol. The zero-order chi connectivity index (χ0) is 16.8. The molecule has 0 fully saturated rings. The van der Waals surface area contributed by atoms with Gasteiger partial charge < -0.3 is 10.6 Å². The molecule has 0 aliphatic rings. The van der Waals surface area contributed by atoms with Crippen molar-refractivity contribution >= 4 is 21.8 Å². The van der Waals surface area contributed by atoms with Crippen LogP contribution in [0.2, 0.25) is 0 Å². The summed E-state index contributed by atoms with van der Waals surface area (Å²) in [5.74, 6) is -0.394. The Kier molecular flexibility index (Phi) is 6.18. The molecule has 0 unspecified atom stereocenters. The number of carbonyl (C=O) groups is 1. The largest absolute Gasteiger partial charge is 0.416 e. The van der Waals surface area contributed by atoms with Crippen molar-refractivity contribution in [2.75, 3.05) is 17.6 Å². The molecule has 0 aliphatic heterocycles. The van der Waals surface area contributed by atoms with E-state index in [0.29, 0.717) is 6.42 Å². The molecule has 1 aromatic rings. The van der Waals surface area contributed by atoms with Crippen molar-refractivity contribution in [2.24, 2.45) is 0 Å². The molecule has 6 nitrogen and oxygen atoms in total. The van der Waals surface area contributed by atoms with E-state index in [1.165, 1.54) is 0 Å². The van der Waals surface area contributed by atoms with Gasteiger partial charge >= 0.3 is 12.2 Å². The minimum atomic E-state index is -4.44. The van der Waals surface area contributed by atoms with Crippen LogP contribution in [0.1, 0.15) is 18.4 Å². The molecule has 0 aromatic heterocycles. The molecular formula is C12H15F3N2O4S. The van der Waals surface area contributed by atoms with Gasteiger partial charge in [-0.1, -0.05) is 0 Å². The van der Waals surface area contributed by atoms with Gasteiger partial charge in [0.1, 0.15) is 0 Å². The van der Waals surface area contributed by atoms with Gasteiger partial charge in [-0.3, -0.25) is 4.55 Å². The number of benzene rings is 1. The van der Waals surface area contributed by atoms with E-state index in [9.17, 15) is 26.4 Å². The summed E-state index contributed by atoms with van der Waals surface area (Å²) >= 11 is 0. The second-order valence-corrected chi connectivity index (χ2v) is 6.02. The van der Waals surface area contributed by atoms with Crippen molar-refractivity contribution in [1.82, 2.24) is 5.32 Å². The van der Waals surface area contributed by atoms with E-state index >= 15 is 0 Å². The molecule has 0 saturated heterocycles. The van der Waals surface area contributed by atoms with Crippen molar-refractivity contribution in [3.63, 3.8) is 0 Å². The molecule has 1 aromatic carbocycles. The maximum atomic E-state index is 12.3.